The number of carbonyl (C=O) groups excluding carboxylic acids is 1. The van der Waals surface area contributed by atoms with Crippen LogP contribution in [0.15, 0.2) is 11.6 Å². The number of carbonyl (C=O) groups is 1. The first-order valence-electron chi connectivity index (χ1n) is 5.32. The largest absolute Gasteiger partial charge is 0.378 e. The molecule has 1 aliphatic rings. The molecule has 0 saturated carbocycles. The highest BCUT2D eigenvalue weighted by atomic mass is 16.5. The molecule has 0 spiro atoms. The Bertz CT molecular complexity index is 239. The van der Waals surface area contributed by atoms with Crippen molar-refractivity contribution in [1.29, 1.82) is 0 Å². The van der Waals surface area contributed by atoms with E-state index in [1.54, 1.807) is 7.11 Å². The molecule has 0 bridgehead atoms. The van der Waals surface area contributed by atoms with Crippen LogP contribution in [0.3, 0.4) is 0 Å². The van der Waals surface area contributed by atoms with Gasteiger partial charge in [-0.15, -0.1) is 0 Å². The maximum absolute atomic E-state index is 11.8. The average Bonchev–Trinajstić information content (AvgIpc) is 2.19. The molecule has 0 saturated heterocycles. The van der Waals surface area contributed by atoms with E-state index in [2.05, 4.69) is 6.08 Å². The van der Waals surface area contributed by atoms with Crippen molar-refractivity contribution in [3.63, 3.8) is 0 Å². The van der Waals surface area contributed by atoms with Crippen molar-refractivity contribution in [1.82, 2.24) is 0 Å². The minimum absolute atomic E-state index is 0.261. The third-order valence-corrected chi connectivity index (χ3v) is 2.79. The fraction of sp³-hybridized carbons (Fsp3) is 0.750. The van der Waals surface area contributed by atoms with Gasteiger partial charge in [0.05, 0.1) is 5.60 Å². The van der Waals surface area contributed by atoms with Crippen molar-refractivity contribution >= 4 is 5.78 Å². The molecule has 0 amide bonds. The van der Waals surface area contributed by atoms with Gasteiger partial charge in [0, 0.05) is 13.5 Å². The summed E-state index contributed by atoms with van der Waals surface area (Å²) < 4.78 is 5.25. The van der Waals surface area contributed by atoms with Gasteiger partial charge < -0.3 is 4.74 Å². The molecule has 0 fully saturated rings. The molecule has 0 aromatic rings. The Morgan fingerprint density at radius 3 is 2.71 bits per heavy atom. The van der Waals surface area contributed by atoms with E-state index in [4.69, 9.17) is 4.74 Å². The van der Waals surface area contributed by atoms with Gasteiger partial charge in [-0.3, -0.25) is 4.79 Å². The molecule has 0 aromatic heterocycles. The third-order valence-electron chi connectivity index (χ3n) is 2.79. The molecule has 0 heterocycles. The summed E-state index contributed by atoms with van der Waals surface area (Å²) >= 11 is 0. The zero-order valence-electron chi connectivity index (χ0n) is 9.43. The third kappa shape index (κ3) is 3.26. The summed E-state index contributed by atoms with van der Waals surface area (Å²) in [5.41, 5.74) is 0.691. The molecule has 0 atom stereocenters. The van der Waals surface area contributed by atoms with Crippen LogP contribution >= 0.6 is 0 Å². The predicted octanol–water partition coefficient (Wildman–Crippen LogP) is 2.87. The van der Waals surface area contributed by atoms with Gasteiger partial charge in [0.2, 0.25) is 0 Å². The Labute approximate surface area is 86.3 Å². The van der Waals surface area contributed by atoms with Gasteiger partial charge in [0.15, 0.2) is 5.78 Å². The van der Waals surface area contributed by atoms with Crippen LogP contribution in [0.1, 0.15) is 46.0 Å². The van der Waals surface area contributed by atoms with Gasteiger partial charge in [-0.05, 0) is 45.1 Å². The zero-order valence-corrected chi connectivity index (χ0v) is 9.43. The van der Waals surface area contributed by atoms with Gasteiger partial charge in [-0.25, -0.2) is 0 Å². The van der Waals surface area contributed by atoms with Gasteiger partial charge in [0.25, 0.3) is 0 Å². The molecule has 0 aromatic carbocycles. The number of methoxy groups -OCH3 is 1. The number of Topliss-reactive ketones (excluding diaryl/α,β-unsaturated/α-hetero) is 1. The van der Waals surface area contributed by atoms with Crippen LogP contribution in [-0.4, -0.2) is 18.5 Å². The fourth-order valence-electron chi connectivity index (χ4n) is 1.66. The number of hydrogen-bond donors (Lipinski definition) is 0. The number of ketones is 1. The van der Waals surface area contributed by atoms with Crippen molar-refractivity contribution in [3.8, 4) is 0 Å². The van der Waals surface area contributed by atoms with Gasteiger partial charge >= 0.3 is 0 Å². The summed E-state index contributed by atoms with van der Waals surface area (Å²) in [7, 11) is 1.66. The van der Waals surface area contributed by atoms with Crippen LogP contribution < -0.4 is 0 Å². The highest BCUT2D eigenvalue weighted by Gasteiger charge is 2.23. The number of ether oxygens (including phenoxy) is 1. The molecule has 0 radical (unpaired) electrons. The SMILES string of the molecule is COC(C)(C)CC(=O)C1=CCCCC1. The van der Waals surface area contributed by atoms with Gasteiger partial charge in [-0.1, -0.05) is 6.08 Å². The standard InChI is InChI=1S/C12H20O2/c1-12(2,14-3)9-11(13)10-7-5-4-6-8-10/h7H,4-6,8-9H2,1-3H3. The Morgan fingerprint density at radius 1 is 1.50 bits per heavy atom. The molecule has 0 unspecified atom stereocenters. The molecule has 14 heavy (non-hydrogen) atoms. The lowest BCUT2D eigenvalue weighted by Gasteiger charge is -2.23. The van der Waals surface area contributed by atoms with E-state index in [9.17, 15) is 4.79 Å². The molecule has 80 valence electrons. The first-order chi connectivity index (χ1) is 6.55. The second-order valence-electron chi connectivity index (χ2n) is 4.54. The highest BCUT2D eigenvalue weighted by Crippen LogP contribution is 2.23. The second kappa shape index (κ2) is 4.74. The van der Waals surface area contributed by atoms with Crippen molar-refractivity contribution in [2.24, 2.45) is 0 Å². The number of rotatable bonds is 4. The Balaban J connectivity index is 2.53. The maximum Gasteiger partial charge on any atom is 0.161 e. The fourth-order valence-corrected chi connectivity index (χ4v) is 1.66. The highest BCUT2D eigenvalue weighted by molar-refractivity contribution is 5.96. The lowest BCUT2D eigenvalue weighted by atomic mass is 9.91. The number of hydrogen-bond acceptors (Lipinski definition) is 2. The van der Waals surface area contributed by atoms with Crippen LogP contribution in [0.2, 0.25) is 0 Å². The van der Waals surface area contributed by atoms with E-state index in [1.165, 1.54) is 6.42 Å². The van der Waals surface area contributed by atoms with E-state index in [1.807, 2.05) is 13.8 Å². The lowest BCUT2D eigenvalue weighted by Crippen LogP contribution is -2.27. The summed E-state index contributed by atoms with van der Waals surface area (Å²) in [4.78, 5) is 11.8. The first kappa shape index (κ1) is 11.4. The summed E-state index contributed by atoms with van der Waals surface area (Å²) in [6, 6.07) is 0. The molecule has 2 heteroatoms. The average molecular weight is 196 g/mol. The smallest absolute Gasteiger partial charge is 0.161 e. The van der Waals surface area contributed by atoms with E-state index in [0.29, 0.717) is 6.42 Å². The minimum atomic E-state index is -0.324. The van der Waals surface area contributed by atoms with E-state index in [0.717, 1.165) is 24.8 Å². The Hall–Kier alpha value is -0.630. The zero-order chi connectivity index (χ0) is 10.6. The summed E-state index contributed by atoms with van der Waals surface area (Å²) in [6.07, 6.45) is 7.00. The molecular formula is C12H20O2. The summed E-state index contributed by atoms with van der Waals surface area (Å²) in [5.74, 6) is 0.261. The van der Waals surface area contributed by atoms with Crippen LogP contribution in [0, 0.1) is 0 Å². The van der Waals surface area contributed by atoms with Crippen molar-refractivity contribution < 1.29 is 9.53 Å². The normalized spacial score (nSPS) is 17.8. The van der Waals surface area contributed by atoms with Crippen LogP contribution in [0.5, 0.6) is 0 Å². The van der Waals surface area contributed by atoms with Crippen LogP contribution in [0.4, 0.5) is 0 Å². The van der Waals surface area contributed by atoms with Crippen LogP contribution in [0.25, 0.3) is 0 Å². The first-order valence-corrected chi connectivity index (χ1v) is 5.32. The van der Waals surface area contributed by atoms with Gasteiger partial charge in [0.1, 0.15) is 0 Å². The quantitative estimate of drug-likeness (QED) is 0.691. The van der Waals surface area contributed by atoms with E-state index >= 15 is 0 Å². The van der Waals surface area contributed by atoms with E-state index in [-0.39, 0.29) is 11.4 Å². The molecular weight excluding hydrogens is 176 g/mol. The lowest BCUT2D eigenvalue weighted by molar-refractivity contribution is -0.120. The van der Waals surface area contributed by atoms with Crippen LogP contribution in [-0.2, 0) is 9.53 Å². The van der Waals surface area contributed by atoms with Gasteiger partial charge in [-0.2, -0.15) is 0 Å². The molecule has 2 nitrogen and oxygen atoms in total. The van der Waals surface area contributed by atoms with Crippen molar-refractivity contribution in [3.05, 3.63) is 11.6 Å². The second-order valence-corrected chi connectivity index (χ2v) is 4.54. The molecule has 1 aliphatic carbocycles. The van der Waals surface area contributed by atoms with Crippen molar-refractivity contribution in [2.45, 2.75) is 51.6 Å². The van der Waals surface area contributed by atoms with Crippen molar-refractivity contribution in [2.75, 3.05) is 7.11 Å². The molecule has 0 N–H and O–H groups in total. The monoisotopic (exact) mass is 196 g/mol. The summed E-state index contributed by atoms with van der Waals surface area (Å²) in [6.45, 7) is 3.91. The topological polar surface area (TPSA) is 26.3 Å². The predicted molar refractivity (Wildman–Crippen MR) is 57.3 cm³/mol. The minimum Gasteiger partial charge on any atom is -0.378 e. The summed E-state index contributed by atoms with van der Waals surface area (Å²) in [5, 5.41) is 0. The number of allylic oxidation sites excluding steroid dienone is 2. The Morgan fingerprint density at radius 2 is 2.21 bits per heavy atom. The molecule has 1 rings (SSSR count). The Kier molecular flexibility index (Phi) is 3.87. The molecule has 0 aliphatic heterocycles. The van der Waals surface area contributed by atoms with E-state index < -0.39 is 0 Å². The maximum atomic E-state index is 11.8.